The maximum atomic E-state index is 12.5. The lowest BCUT2D eigenvalue weighted by Crippen LogP contribution is -2.05. The number of nitrogens with zero attached hydrogens (tertiary/aromatic N) is 2. The van der Waals surface area contributed by atoms with Gasteiger partial charge in [0.05, 0.1) is 18.9 Å². The molecule has 1 aliphatic heterocycles. The van der Waals surface area contributed by atoms with E-state index in [2.05, 4.69) is 15.5 Å². The molecule has 0 radical (unpaired) electrons. The summed E-state index contributed by atoms with van der Waals surface area (Å²) in [5, 5.41) is 3.94. The van der Waals surface area contributed by atoms with Gasteiger partial charge in [0, 0.05) is 17.8 Å². The van der Waals surface area contributed by atoms with Crippen LogP contribution < -0.4 is 19.6 Å². The minimum absolute atomic E-state index is 0.132. The molecule has 0 saturated carbocycles. The van der Waals surface area contributed by atoms with E-state index < -0.39 is 11.7 Å². The van der Waals surface area contributed by atoms with Crippen LogP contribution in [-0.2, 0) is 6.18 Å². The van der Waals surface area contributed by atoms with Crippen LogP contribution in [0.3, 0.4) is 0 Å². The summed E-state index contributed by atoms with van der Waals surface area (Å²) < 4.78 is 53.1. The molecule has 0 atom stereocenters. The van der Waals surface area contributed by atoms with Gasteiger partial charge in [-0.15, -0.1) is 0 Å². The Balaban J connectivity index is 1.72. The molecule has 1 aromatic heterocycles. The van der Waals surface area contributed by atoms with Crippen LogP contribution >= 0.6 is 0 Å². The van der Waals surface area contributed by atoms with Crippen LogP contribution in [0, 0.1) is 0 Å². The van der Waals surface area contributed by atoms with Crippen LogP contribution in [0.5, 0.6) is 17.2 Å². The average molecular weight is 339 g/mol. The number of halogens is 3. The van der Waals surface area contributed by atoms with Gasteiger partial charge in [-0.3, -0.25) is 5.43 Å². The molecule has 9 heteroatoms. The quantitative estimate of drug-likeness (QED) is 0.684. The van der Waals surface area contributed by atoms with Gasteiger partial charge in [-0.25, -0.2) is 4.98 Å². The van der Waals surface area contributed by atoms with Gasteiger partial charge < -0.3 is 14.2 Å². The number of anilines is 1. The smallest absolute Gasteiger partial charge is 0.417 e. The number of hydrazone groups is 1. The lowest BCUT2D eigenvalue weighted by Gasteiger charge is -2.07. The van der Waals surface area contributed by atoms with Crippen LogP contribution in [0.2, 0.25) is 0 Å². The van der Waals surface area contributed by atoms with E-state index in [0.29, 0.717) is 22.8 Å². The first kappa shape index (κ1) is 15.9. The Kier molecular flexibility index (Phi) is 4.15. The Labute approximate surface area is 134 Å². The van der Waals surface area contributed by atoms with E-state index in [-0.39, 0.29) is 12.6 Å². The molecule has 0 saturated heterocycles. The molecular weight excluding hydrogens is 327 g/mol. The highest BCUT2D eigenvalue weighted by molar-refractivity contribution is 5.85. The Bertz CT molecular complexity index is 761. The average Bonchev–Trinajstić information content (AvgIpc) is 3.01. The highest BCUT2D eigenvalue weighted by Crippen LogP contribution is 2.37. The first-order valence-corrected chi connectivity index (χ1v) is 6.77. The van der Waals surface area contributed by atoms with Crippen molar-refractivity contribution in [1.29, 1.82) is 0 Å². The largest absolute Gasteiger partial charge is 0.496 e. The highest BCUT2D eigenvalue weighted by Gasteiger charge is 2.30. The van der Waals surface area contributed by atoms with Crippen molar-refractivity contribution in [1.82, 2.24) is 4.98 Å². The van der Waals surface area contributed by atoms with Gasteiger partial charge in [-0.05, 0) is 18.2 Å². The summed E-state index contributed by atoms with van der Waals surface area (Å²) in [5.41, 5.74) is 2.34. The number of nitrogens with one attached hydrogen (secondary N) is 1. The van der Waals surface area contributed by atoms with Crippen molar-refractivity contribution in [3.63, 3.8) is 0 Å². The molecule has 1 N–H and O–H groups in total. The fourth-order valence-corrected chi connectivity index (χ4v) is 2.01. The fraction of sp³-hybridized carbons (Fsp3) is 0.200. The third-order valence-electron chi connectivity index (χ3n) is 3.20. The molecule has 126 valence electrons. The summed E-state index contributed by atoms with van der Waals surface area (Å²) in [6, 6.07) is 5.47. The summed E-state index contributed by atoms with van der Waals surface area (Å²) in [7, 11) is 1.50. The monoisotopic (exact) mass is 339 g/mol. The van der Waals surface area contributed by atoms with E-state index in [1.807, 2.05) is 0 Å². The van der Waals surface area contributed by atoms with Crippen molar-refractivity contribution in [3.8, 4) is 17.2 Å². The number of fused-ring (bicyclic) bond motifs is 1. The third kappa shape index (κ3) is 3.34. The number of alkyl halides is 3. The first-order chi connectivity index (χ1) is 11.5. The maximum Gasteiger partial charge on any atom is 0.417 e. The van der Waals surface area contributed by atoms with Gasteiger partial charge >= 0.3 is 6.18 Å². The molecule has 0 bridgehead atoms. The van der Waals surface area contributed by atoms with E-state index in [9.17, 15) is 13.2 Å². The van der Waals surface area contributed by atoms with Crippen molar-refractivity contribution in [2.75, 3.05) is 19.3 Å². The molecule has 6 nitrogen and oxygen atoms in total. The summed E-state index contributed by atoms with van der Waals surface area (Å²) in [5.74, 6) is 1.83. The van der Waals surface area contributed by atoms with E-state index in [1.165, 1.54) is 19.4 Å². The van der Waals surface area contributed by atoms with Crippen LogP contribution in [0.4, 0.5) is 19.0 Å². The van der Waals surface area contributed by atoms with E-state index in [4.69, 9.17) is 14.2 Å². The zero-order chi connectivity index (χ0) is 17.2. The summed E-state index contributed by atoms with van der Waals surface area (Å²) in [6.07, 6.45) is -2.24. The second-order valence-electron chi connectivity index (χ2n) is 4.75. The number of hydrogen-bond donors (Lipinski definition) is 1. The standard InChI is InChI=1S/C15H12F3N3O3/c1-22-11-5-13-12(23-8-24-13)4-9(11)6-20-21-14-3-2-10(7-19-14)15(16,17)18/h2-7H,8H2,1H3,(H,19,21)/b20-6-. The zero-order valence-corrected chi connectivity index (χ0v) is 12.4. The fourth-order valence-electron chi connectivity index (χ4n) is 2.01. The minimum Gasteiger partial charge on any atom is -0.496 e. The normalized spacial score (nSPS) is 13.3. The van der Waals surface area contributed by atoms with Crippen molar-refractivity contribution < 1.29 is 27.4 Å². The zero-order valence-electron chi connectivity index (χ0n) is 12.4. The molecule has 2 aromatic rings. The van der Waals surface area contributed by atoms with Gasteiger partial charge in [-0.1, -0.05) is 0 Å². The number of benzene rings is 1. The Morgan fingerprint density at radius 1 is 1.25 bits per heavy atom. The van der Waals surface area contributed by atoms with Gasteiger partial charge in [0.1, 0.15) is 11.6 Å². The van der Waals surface area contributed by atoms with Crippen molar-refractivity contribution in [3.05, 3.63) is 41.6 Å². The maximum absolute atomic E-state index is 12.5. The molecule has 0 aliphatic carbocycles. The molecule has 0 unspecified atom stereocenters. The Morgan fingerprint density at radius 2 is 2.00 bits per heavy atom. The number of rotatable bonds is 4. The van der Waals surface area contributed by atoms with Gasteiger partial charge in [0.2, 0.25) is 6.79 Å². The molecule has 0 fully saturated rings. The number of pyridine rings is 1. The van der Waals surface area contributed by atoms with E-state index in [1.54, 1.807) is 12.1 Å². The van der Waals surface area contributed by atoms with Crippen molar-refractivity contribution in [2.45, 2.75) is 6.18 Å². The number of aromatic nitrogens is 1. The Morgan fingerprint density at radius 3 is 2.62 bits per heavy atom. The second kappa shape index (κ2) is 6.26. The molecule has 24 heavy (non-hydrogen) atoms. The molecule has 2 heterocycles. The SMILES string of the molecule is COc1cc2c(cc1/C=N\Nc1ccc(C(F)(F)F)cn1)OCO2. The molecular formula is C15H12F3N3O3. The lowest BCUT2D eigenvalue weighted by molar-refractivity contribution is -0.137. The predicted octanol–water partition coefficient (Wildman–Crippen LogP) is 3.28. The number of ether oxygens (including phenoxy) is 3. The minimum atomic E-state index is -4.42. The summed E-state index contributed by atoms with van der Waals surface area (Å²) in [4.78, 5) is 3.66. The summed E-state index contributed by atoms with van der Waals surface area (Å²) >= 11 is 0. The van der Waals surface area contributed by atoms with Crippen LogP contribution in [0.15, 0.2) is 35.6 Å². The predicted molar refractivity (Wildman–Crippen MR) is 79.6 cm³/mol. The molecule has 3 rings (SSSR count). The third-order valence-corrected chi connectivity index (χ3v) is 3.20. The molecule has 1 aliphatic rings. The molecule has 1 aromatic carbocycles. The van der Waals surface area contributed by atoms with Crippen LogP contribution in [0.1, 0.15) is 11.1 Å². The first-order valence-electron chi connectivity index (χ1n) is 6.77. The molecule has 0 spiro atoms. The summed E-state index contributed by atoms with van der Waals surface area (Å²) in [6.45, 7) is 0.132. The molecule has 0 amide bonds. The number of hydrogen-bond acceptors (Lipinski definition) is 6. The van der Waals surface area contributed by atoms with Crippen molar-refractivity contribution >= 4 is 12.0 Å². The Hall–Kier alpha value is -2.97. The highest BCUT2D eigenvalue weighted by atomic mass is 19.4. The topological polar surface area (TPSA) is 65.0 Å². The van der Waals surface area contributed by atoms with E-state index in [0.717, 1.165) is 12.3 Å². The van der Waals surface area contributed by atoms with E-state index >= 15 is 0 Å². The van der Waals surface area contributed by atoms with Crippen LogP contribution in [0.25, 0.3) is 0 Å². The van der Waals surface area contributed by atoms with Gasteiger partial charge in [0.15, 0.2) is 11.5 Å². The lowest BCUT2D eigenvalue weighted by atomic mass is 10.2. The van der Waals surface area contributed by atoms with Gasteiger partial charge in [-0.2, -0.15) is 18.3 Å². The second-order valence-corrected chi connectivity index (χ2v) is 4.75. The van der Waals surface area contributed by atoms with Crippen molar-refractivity contribution in [2.24, 2.45) is 5.10 Å². The number of methoxy groups -OCH3 is 1. The van der Waals surface area contributed by atoms with Gasteiger partial charge in [0.25, 0.3) is 0 Å². The van der Waals surface area contributed by atoms with Crippen LogP contribution in [-0.4, -0.2) is 25.1 Å².